The monoisotopic (exact) mass is 344 g/mol. The van der Waals surface area contributed by atoms with E-state index in [0.717, 1.165) is 27.7 Å². The summed E-state index contributed by atoms with van der Waals surface area (Å²) in [6.45, 7) is 0. The molecule has 4 rings (SSSR count). The second kappa shape index (κ2) is 6.37. The highest BCUT2D eigenvalue weighted by atomic mass is 16.6. The highest BCUT2D eigenvalue weighted by molar-refractivity contribution is 5.80. The fourth-order valence-electron chi connectivity index (χ4n) is 3.31. The Bertz CT molecular complexity index is 1050. The molecule has 26 heavy (non-hydrogen) atoms. The molecular weight excluding hydrogens is 328 g/mol. The van der Waals surface area contributed by atoms with Crippen molar-refractivity contribution in [3.63, 3.8) is 0 Å². The van der Waals surface area contributed by atoms with Crippen LogP contribution in [0.3, 0.4) is 0 Å². The first-order valence-corrected chi connectivity index (χ1v) is 8.23. The van der Waals surface area contributed by atoms with E-state index in [9.17, 15) is 15.2 Å². The normalized spacial score (nSPS) is 12.2. The number of nitrogens with one attached hydrogen (secondary N) is 1. The summed E-state index contributed by atoms with van der Waals surface area (Å²) in [6, 6.07) is 24.4. The van der Waals surface area contributed by atoms with Crippen LogP contribution < -0.4 is 0 Å². The standard InChI is InChI=1S/C21H16N2O3/c24-20-11-10-16(13-19(20)23(25)26)21(14-6-2-1-3-7-14)18-12-15-8-4-5-9-17(15)22-18/h1-13,21-22,24H. The van der Waals surface area contributed by atoms with Crippen LogP contribution in [0, 0.1) is 10.1 Å². The zero-order valence-corrected chi connectivity index (χ0v) is 13.8. The molecule has 0 spiro atoms. The maximum Gasteiger partial charge on any atom is 0.311 e. The van der Waals surface area contributed by atoms with Crippen molar-refractivity contribution < 1.29 is 10.0 Å². The minimum absolute atomic E-state index is 0.206. The largest absolute Gasteiger partial charge is 0.502 e. The number of phenols is 1. The molecule has 0 amide bonds. The summed E-state index contributed by atoms with van der Waals surface area (Å²) in [4.78, 5) is 14.1. The van der Waals surface area contributed by atoms with Gasteiger partial charge in [0, 0.05) is 23.2 Å². The van der Waals surface area contributed by atoms with E-state index in [4.69, 9.17) is 0 Å². The molecule has 0 radical (unpaired) electrons. The summed E-state index contributed by atoms with van der Waals surface area (Å²) in [5, 5.41) is 22.1. The lowest BCUT2D eigenvalue weighted by Gasteiger charge is -2.17. The number of H-pyrrole nitrogens is 1. The molecule has 0 aliphatic heterocycles. The summed E-state index contributed by atoms with van der Waals surface area (Å²) < 4.78 is 0. The lowest BCUT2D eigenvalue weighted by atomic mass is 9.88. The van der Waals surface area contributed by atoms with Gasteiger partial charge in [0.05, 0.1) is 4.92 Å². The van der Waals surface area contributed by atoms with Gasteiger partial charge < -0.3 is 10.1 Å². The minimum Gasteiger partial charge on any atom is -0.502 e. The van der Waals surface area contributed by atoms with Gasteiger partial charge in [0.15, 0.2) is 5.75 Å². The number of aromatic hydroxyl groups is 1. The molecule has 4 aromatic rings. The number of hydrogen-bond donors (Lipinski definition) is 2. The Morgan fingerprint density at radius 2 is 1.62 bits per heavy atom. The van der Waals surface area contributed by atoms with Gasteiger partial charge in [-0.3, -0.25) is 10.1 Å². The Kier molecular flexibility index (Phi) is 3.89. The predicted molar refractivity (Wildman–Crippen MR) is 100 cm³/mol. The summed E-state index contributed by atoms with van der Waals surface area (Å²) in [5.41, 5.74) is 3.42. The number of aromatic amines is 1. The zero-order valence-electron chi connectivity index (χ0n) is 13.8. The fraction of sp³-hybridized carbons (Fsp3) is 0.0476. The molecule has 0 fully saturated rings. The quantitative estimate of drug-likeness (QED) is 0.405. The Balaban J connectivity index is 1.92. The van der Waals surface area contributed by atoms with E-state index in [1.165, 1.54) is 12.1 Å². The van der Waals surface area contributed by atoms with Crippen LogP contribution in [0.4, 0.5) is 5.69 Å². The van der Waals surface area contributed by atoms with Crippen LogP contribution in [0.1, 0.15) is 22.7 Å². The average molecular weight is 344 g/mol. The second-order valence-electron chi connectivity index (χ2n) is 6.16. The number of nitro groups is 1. The predicted octanol–water partition coefficient (Wildman–Crippen LogP) is 4.96. The fourth-order valence-corrected chi connectivity index (χ4v) is 3.31. The van der Waals surface area contributed by atoms with E-state index >= 15 is 0 Å². The van der Waals surface area contributed by atoms with Crippen molar-refractivity contribution in [1.82, 2.24) is 4.98 Å². The van der Waals surface area contributed by atoms with Crippen LogP contribution in [0.5, 0.6) is 5.75 Å². The lowest BCUT2D eigenvalue weighted by Crippen LogP contribution is -2.04. The van der Waals surface area contributed by atoms with E-state index in [0.29, 0.717) is 0 Å². The zero-order chi connectivity index (χ0) is 18.1. The number of para-hydroxylation sites is 1. The number of hydrogen-bond acceptors (Lipinski definition) is 3. The smallest absolute Gasteiger partial charge is 0.311 e. The molecule has 1 unspecified atom stereocenters. The molecule has 0 bridgehead atoms. The number of phenolic OH excluding ortho intramolecular Hbond substituents is 1. The molecule has 0 saturated carbocycles. The van der Waals surface area contributed by atoms with Crippen LogP contribution in [-0.2, 0) is 0 Å². The Hall–Kier alpha value is -3.60. The molecule has 3 aromatic carbocycles. The average Bonchev–Trinajstić information content (AvgIpc) is 3.07. The number of nitrogens with zero attached hydrogens (tertiary/aromatic N) is 1. The van der Waals surface area contributed by atoms with E-state index in [1.54, 1.807) is 6.07 Å². The van der Waals surface area contributed by atoms with Gasteiger partial charge in [-0.1, -0.05) is 54.6 Å². The highest BCUT2D eigenvalue weighted by Gasteiger charge is 2.23. The third kappa shape index (κ3) is 2.80. The van der Waals surface area contributed by atoms with Gasteiger partial charge in [-0.25, -0.2) is 0 Å². The first-order valence-electron chi connectivity index (χ1n) is 8.23. The van der Waals surface area contributed by atoms with Gasteiger partial charge in [-0.15, -0.1) is 0 Å². The first kappa shape index (κ1) is 15.9. The van der Waals surface area contributed by atoms with Gasteiger partial charge in [-0.2, -0.15) is 0 Å². The van der Waals surface area contributed by atoms with Crippen molar-refractivity contribution >= 4 is 16.6 Å². The van der Waals surface area contributed by atoms with Crippen molar-refractivity contribution in [3.8, 4) is 5.75 Å². The van der Waals surface area contributed by atoms with E-state index in [-0.39, 0.29) is 17.4 Å². The first-order chi connectivity index (χ1) is 12.6. The Morgan fingerprint density at radius 1 is 0.885 bits per heavy atom. The van der Waals surface area contributed by atoms with E-state index < -0.39 is 4.92 Å². The summed E-state index contributed by atoms with van der Waals surface area (Å²) in [5.74, 6) is -0.537. The number of rotatable bonds is 4. The minimum atomic E-state index is -0.563. The van der Waals surface area contributed by atoms with Crippen molar-refractivity contribution in [2.45, 2.75) is 5.92 Å². The maximum atomic E-state index is 11.2. The molecule has 128 valence electrons. The Morgan fingerprint density at radius 3 is 2.35 bits per heavy atom. The molecular formula is C21H16N2O3. The number of fused-ring (bicyclic) bond motifs is 1. The van der Waals surface area contributed by atoms with E-state index in [1.807, 2.05) is 54.6 Å². The molecule has 1 atom stereocenters. The third-order valence-electron chi connectivity index (χ3n) is 4.52. The number of nitro benzene ring substituents is 1. The van der Waals surface area contributed by atoms with Crippen molar-refractivity contribution in [2.75, 3.05) is 0 Å². The van der Waals surface area contributed by atoms with Crippen LogP contribution >= 0.6 is 0 Å². The Labute approximate surface area is 149 Å². The summed E-state index contributed by atoms with van der Waals surface area (Å²) in [7, 11) is 0. The topological polar surface area (TPSA) is 79.2 Å². The van der Waals surface area contributed by atoms with Crippen LogP contribution in [0.2, 0.25) is 0 Å². The molecule has 0 aliphatic rings. The van der Waals surface area contributed by atoms with Crippen LogP contribution in [-0.4, -0.2) is 15.0 Å². The van der Waals surface area contributed by atoms with E-state index in [2.05, 4.69) is 11.1 Å². The molecule has 5 nitrogen and oxygen atoms in total. The highest BCUT2D eigenvalue weighted by Crippen LogP contribution is 2.37. The summed E-state index contributed by atoms with van der Waals surface area (Å²) in [6.07, 6.45) is 0. The third-order valence-corrected chi connectivity index (χ3v) is 4.52. The van der Waals surface area contributed by atoms with Crippen molar-refractivity contribution in [1.29, 1.82) is 0 Å². The van der Waals surface area contributed by atoms with Gasteiger partial charge >= 0.3 is 5.69 Å². The number of aromatic nitrogens is 1. The lowest BCUT2D eigenvalue weighted by molar-refractivity contribution is -0.385. The molecule has 5 heteroatoms. The van der Waals surface area contributed by atoms with Crippen molar-refractivity contribution in [3.05, 3.63) is 106 Å². The molecule has 0 saturated heterocycles. The van der Waals surface area contributed by atoms with Gasteiger partial charge in [-0.05, 0) is 34.7 Å². The van der Waals surface area contributed by atoms with Crippen LogP contribution in [0.25, 0.3) is 10.9 Å². The molecule has 1 heterocycles. The summed E-state index contributed by atoms with van der Waals surface area (Å²) >= 11 is 0. The molecule has 2 N–H and O–H groups in total. The van der Waals surface area contributed by atoms with Crippen LogP contribution in [0.15, 0.2) is 78.9 Å². The molecule has 1 aromatic heterocycles. The maximum absolute atomic E-state index is 11.2. The second-order valence-corrected chi connectivity index (χ2v) is 6.16. The van der Waals surface area contributed by atoms with Gasteiger partial charge in [0.1, 0.15) is 0 Å². The number of benzene rings is 3. The van der Waals surface area contributed by atoms with Gasteiger partial charge in [0.25, 0.3) is 0 Å². The SMILES string of the molecule is O=[N+]([O-])c1cc(C(c2ccccc2)c2cc3ccccc3[nH]2)ccc1O. The molecule has 0 aliphatic carbocycles. The van der Waals surface area contributed by atoms with Gasteiger partial charge in [0.2, 0.25) is 0 Å². The van der Waals surface area contributed by atoms with Crippen molar-refractivity contribution in [2.24, 2.45) is 0 Å².